The third kappa shape index (κ3) is 6.31. The summed E-state index contributed by atoms with van der Waals surface area (Å²) in [5.74, 6) is -0.992. The predicted molar refractivity (Wildman–Crippen MR) is 71.8 cm³/mol. The van der Waals surface area contributed by atoms with Crippen molar-refractivity contribution in [2.45, 2.75) is 51.4 Å². The molecule has 0 radical (unpaired) electrons. The van der Waals surface area contributed by atoms with Crippen molar-refractivity contribution in [2.75, 3.05) is 19.8 Å². The Morgan fingerprint density at radius 2 is 2.10 bits per heavy atom. The van der Waals surface area contributed by atoms with Gasteiger partial charge in [0.15, 0.2) is 6.61 Å². The molecule has 3 atom stereocenters. The first kappa shape index (κ1) is 16.9. The molecule has 116 valence electrons. The number of hydrogen-bond acceptors (Lipinski definition) is 7. The summed E-state index contributed by atoms with van der Waals surface area (Å²) >= 11 is 0. The van der Waals surface area contributed by atoms with E-state index >= 15 is 0 Å². The number of nitrogens with one attached hydrogen (secondary N) is 1. The molecule has 0 spiro atoms. The summed E-state index contributed by atoms with van der Waals surface area (Å²) in [5, 5.41) is 3.06. The van der Waals surface area contributed by atoms with E-state index in [0.29, 0.717) is 13.0 Å². The molecule has 3 N–H and O–H groups in total. The molecule has 7 nitrogen and oxygen atoms in total. The first-order valence-corrected chi connectivity index (χ1v) is 6.98. The standard InChI is InChI=1S/C13H24N2O5/c1-3-18-12(16)8-20-13(17)10-5-4-6-11(15-10)19-7-9(2)14/h9-11,15H,3-8,14H2,1-2H3. The predicted octanol–water partition coefficient (Wildman–Crippen LogP) is -0.0753. The van der Waals surface area contributed by atoms with Crippen LogP contribution in [-0.4, -0.2) is 50.1 Å². The molecule has 1 aliphatic heterocycles. The van der Waals surface area contributed by atoms with Crippen LogP contribution in [0, 0.1) is 0 Å². The van der Waals surface area contributed by atoms with Crippen molar-refractivity contribution >= 4 is 11.9 Å². The molecule has 7 heteroatoms. The lowest BCUT2D eigenvalue weighted by Gasteiger charge is -2.30. The van der Waals surface area contributed by atoms with Gasteiger partial charge >= 0.3 is 11.9 Å². The van der Waals surface area contributed by atoms with Crippen molar-refractivity contribution in [3.63, 3.8) is 0 Å². The monoisotopic (exact) mass is 288 g/mol. The average molecular weight is 288 g/mol. The van der Waals surface area contributed by atoms with Gasteiger partial charge in [0, 0.05) is 6.04 Å². The number of esters is 2. The van der Waals surface area contributed by atoms with Crippen molar-refractivity contribution in [2.24, 2.45) is 5.73 Å². The van der Waals surface area contributed by atoms with Gasteiger partial charge in [0.25, 0.3) is 0 Å². The summed E-state index contributed by atoms with van der Waals surface area (Å²) in [7, 11) is 0. The van der Waals surface area contributed by atoms with Crippen LogP contribution in [0.3, 0.4) is 0 Å². The van der Waals surface area contributed by atoms with Gasteiger partial charge in [0.2, 0.25) is 0 Å². The molecular weight excluding hydrogens is 264 g/mol. The molecule has 1 fully saturated rings. The van der Waals surface area contributed by atoms with Gasteiger partial charge in [-0.2, -0.15) is 0 Å². The summed E-state index contributed by atoms with van der Waals surface area (Å²) in [5.41, 5.74) is 5.62. The van der Waals surface area contributed by atoms with E-state index in [0.717, 1.165) is 12.8 Å². The summed E-state index contributed by atoms with van der Waals surface area (Å²) in [6.07, 6.45) is 2.15. The van der Waals surface area contributed by atoms with E-state index < -0.39 is 18.0 Å². The molecule has 0 amide bonds. The van der Waals surface area contributed by atoms with Gasteiger partial charge < -0.3 is 19.9 Å². The average Bonchev–Trinajstić information content (AvgIpc) is 2.43. The topological polar surface area (TPSA) is 99.9 Å². The maximum Gasteiger partial charge on any atom is 0.344 e. The van der Waals surface area contributed by atoms with Crippen LogP contribution in [0.4, 0.5) is 0 Å². The molecule has 0 aromatic carbocycles. The number of rotatable bonds is 7. The van der Waals surface area contributed by atoms with E-state index in [-0.39, 0.29) is 25.5 Å². The Labute approximate surface area is 119 Å². The molecule has 1 saturated heterocycles. The summed E-state index contributed by atoms with van der Waals surface area (Å²) < 4.78 is 15.2. The molecule has 1 rings (SSSR count). The second kappa shape index (κ2) is 8.89. The maximum atomic E-state index is 11.8. The first-order chi connectivity index (χ1) is 9.52. The zero-order valence-electron chi connectivity index (χ0n) is 12.1. The Balaban J connectivity index is 2.30. The fourth-order valence-electron chi connectivity index (χ4n) is 1.92. The third-order valence-corrected chi connectivity index (χ3v) is 2.83. The highest BCUT2D eigenvalue weighted by Crippen LogP contribution is 2.15. The summed E-state index contributed by atoms with van der Waals surface area (Å²) in [6, 6.07) is -0.496. The molecule has 0 aliphatic carbocycles. The SMILES string of the molecule is CCOC(=O)COC(=O)C1CCCC(OCC(C)N)N1. The fraction of sp³-hybridized carbons (Fsp3) is 0.846. The zero-order valence-corrected chi connectivity index (χ0v) is 12.1. The molecule has 0 bridgehead atoms. The van der Waals surface area contributed by atoms with Crippen LogP contribution in [0.5, 0.6) is 0 Å². The van der Waals surface area contributed by atoms with Crippen LogP contribution in [0.15, 0.2) is 0 Å². The molecule has 3 unspecified atom stereocenters. The minimum absolute atomic E-state index is 0.0482. The van der Waals surface area contributed by atoms with Crippen molar-refractivity contribution in [3.05, 3.63) is 0 Å². The smallest absolute Gasteiger partial charge is 0.344 e. The Bertz CT molecular complexity index is 322. The van der Waals surface area contributed by atoms with E-state index in [1.54, 1.807) is 6.92 Å². The second-order valence-corrected chi connectivity index (χ2v) is 4.86. The number of piperidine rings is 1. The van der Waals surface area contributed by atoms with Crippen LogP contribution < -0.4 is 11.1 Å². The van der Waals surface area contributed by atoms with Gasteiger partial charge in [-0.1, -0.05) is 0 Å². The lowest BCUT2D eigenvalue weighted by molar-refractivity contribution is -0.161. The van der Waals surface area contributed by atoms with E-state index in [9.17, 15) is 9.59 Å². The molecule has 0 aromatic heterocycles. The van der Waals surface area contributed by atoms with Gasteiger partial charge in [0.1, 0.15) is 12.3 Å². The molecule has 1 aliphatic rings. The fourth-order valence-corrected chi connectivity index (χ4v) is 1.92. The lowest BCUT2D eigenvalue weighted by Crippen LogP contribution is -2.49. The Kier molecular flexibility index (Phi) is 7.50. The normalized spacial score (nSPS) is 23.9. The zero-order chi connectivity index (χ0) is 15.0. The van der Waals surface area contributed by atoms with E-state index in [1.165, 1.54) is 0 Å². The van der Waals surface area contributed by atoms with Gasteiger partial charge in [-0.3, -0.25) is 10.1 Å². The molecule has 20 heavy (non-hydrogen) atoms. The number of hydrogen-bond donors (Lipinski definition) is 2. The van der Waals surface area contributed by atoms with Crippen LogP contribution in [0.1, 0.15) is 33.1 Å². The van der Waals surface area contributed by atoms with Crippen LogP contribution >= 0.6 is 0 Å². The highest BCUT2D eigenvalue weighted by atomic mass is 16.6. The lowest BCUT2D eigenvalue weighted by atomic mass is 10.0. The van der Waals surface area contributed by atoms with Gasteiger partial charge in [-0.15, -0.1) is 0 Å². The van der Waals surface area contributed by atoms with Crippen molar-refractivity contribution in [1.29, 1.82) is 0 Å². The highest BCUT2D eigenvalue weighted by molar-refractivity contribution is 5.79. The van der Waals surface area contributed by atoms with E-state index in [2.05, 4.69) is 5.32 Å². The van der Waals surface area contributed by atoms with Gasteiger partial charge in [-0.25, -0.2) is 4.79 Å². The first-order valence-electron chi connectivity index (χ1n) is 6.98. The largest absolute Gasteiger partial charge is 0.463 e. The van der Waals surface area contributed by atoms with Gasteiger partial charge in [0.05, 0.1) is 13.2 Å². The van der Waals surface area contributed by atoms with Crippen LogP contribution in [0.25, 0.3) is 0 Å². The number of ether oxygens (including phenoxy) is 3. The molecule has 0 aromatic rings. The van der Waals surface area contributed by atoms with Crippen LogP contribution in [0.2, 0.25) is 0 Å². The third-order valence-electron chi connectivity index (χ3n) is 2.83. The van der Waals surface area contributed by atoms with Crippen LogP contribution in [-0.2, 0) is 23.8 Å². The Hall–Kier alpha value is -1.18. The molecule has 1 heterocycles. The summed E-state index contributed by atoms with van der Waals surface area (Å²) in [4.78, 5) is 22.9. The minimum atomic E-state index is -0.540. The highest BCUT2D eigenvalue weighted by Gasteiger charge is 2.28. The minimum Gasteiger partial charge on any atom is -0.463 e. The Morgan fingerprint density at radius 3 is 2.75 bits per heavy atom. The van der Waals surface area contributed by atoms with E-state index in [4.69, 9.17) is 19.9 Å². The van der Waals surface area contributed by atoms with Gasteiger partial charge in [-0.05, 0) is 33.1 Å². The van der Waals surface area contributed by atoms with Crippen molar-refractivity contribution in [1.82, 2.24) is 5.32 Å². The maximum absolute atomic E-state index is 11.8. The summed E-state index contributed by atoms with van der Waals surface area (Å²) in [6.45, 7) is 3.90. The van der Waals surface area contributed by atoms with E-state index in [1.807, 2.05) is 6.92 Å². The number of carbonyl (C=O) groups is 2. The second-order valence-electron chi connectivity index (χ2n) is 4.86. The molecule has 0 saturated carbocycles. The molecular formula is C13H24N2O5. The van der Waals surface area contributed by atoms with Crippen molar-refractivity contribution < 1.29 is 23.8 Å². The number of carbonyl (C=O) groups excluding carboxylic acids is 2. The Morgan fingerprint density at radius 1 is 1.35 bits per heavy atom. The quantitative estimate of drug-likeness (QED) is 0.632. The van der Waals surface area contributed by atoms with Crippen molar-refractivity contribution in [3.8, 4) is 0 Å². The number of nitrogens with two attached hydrogens (primary N) is 1.